The van der Waals surface area contributed by atoms with Gasteiger partial charge in [-0.05, 0) is 49.6 Å². The van der Waals surface area contributed by atoms with Crippen molar-refractivity contribution in [3.8, 4) is 11.5 Å². The molecule has 4 heterocycles. The van der Waals surface area contributed by atoms with Crippen LogP contribution in [0.1, 0.15) is 29.8 Å². The van der Waals surface area contributed by atoms with E-state index in [0.29, 0.717) is 41.3 Å². The van der Waals surface area contributed by atoms with E-state index in [4.69, 9.17) is 8.83 Å². The van der Waals surface area contributed by atoms with Crippen molar-refractivity contribution in [2.45, 2.75) is 25.8 Å². The number of oxazole rings is 1. The molecular formula is C22H21N5O5. The van der Waals surface area contributed by atoms with E-state index in [-0.39, 0.29) is 18.1 Å². The summed E-state index contributed by atoms with van der Waals surface area (Å²) in [5.74, 6) is -0.589. The number of aromatic amines is 1. The van der Waals surface area contributed by atoms with Crippen LogP contribution in [0.4, 0.5) is 5.69 Å². The molecule has 0 saturated carbocycles. The first-order valence-electron chi connectivity index (χ1n) is 10.4. The molecule has 0 atom stereocenters. The highest BCUT2D eigenvalue weighted by Crippen LogP contribution is 2.21. The van der Waals surface area contributed by atoms with Gasteiger partial charge >= 0.3 is 5.76 Å². The molecule has 0 unspecified atom stereocenters. The second-order valence-electron chi connectivity index (χ2n) is 7.68. The first-order chi connectivity index (χ1) is 15.6. The van der Waals surface area contributed by atoms with Crippen LogP contribution in [-0.2, 0) is 11.3 Å². The number of carbonyl (C=O) groups is 2. The van der Waals surface area contributed by atoms with Crippen molar-refractivity contribution in [1.82, 2.24) is 19.7 Å². The van der Waals surface area contributed by atoms with E-state index in [9.17, 15) is 14.4 Å². The summed E-state index contributed by atoms with van der Waals surface area (Å²) >= 11 is 0. The second-order valence-corrected chi connectivity index (χ2v) is 7.68. The molecule has 4 aromatic rings. The fourth-order valence-electron chi connectivity index (χ4n) is 3.86. The van der Waals surface area contributed by atoms with E-state index in [0.717, 1.165) is 19.3 Å². The Morgan fingerprint density at radius 3 is 2.75 bits per heavy atom. The summed E-state index contributed by atoms with van der Waals surface area (Å²) in [6.07, 6.45) is 4.58. The van der Waals surface area contributed by atoms with Gasteiger partial charge in [-0.15, -0.1) is 0 Å². The Labute approximate surface area is 181 Å². The zero-order valence-electron chi connectivity index (χ0n) is 17.2. The van der Waals surface area contributed by atoms with Gasteiger partial charge in [-0.3, -0.25) is 19.3 Å². The van der Waals surface area contributed by atoms with Crippen molar-refractivity contribution in [3.05, 3.63) is 58.9 Å². The average Bonchev–Trinajstić information content (AvgIpc) is 3.55. The molecule has 5 rings (SSSR count). The molecule has 0 radical (unpaired) electrons. The predicted molar refractivity (Wildman–Crippen MR) is 115 cm³/mol. The summed E-state index contributed by atoms with van der Waals surface area (Å²) in [6.45, 7) is 1.30. The monoisotopic (exact) mass is 435 g/mol. The number of likely N-dealkylation sites (tertiary alicyclic amines) is 1. The summed E-state index contributed by atoms with van der Waals surface area (Å²) in [7, 11) is 0. The molecule has 2 N–H and O–H groups in total. The molecule has 3 aromatic heterocycles. The van der Waals surface area contributed by atoms with E-state index in [2.05, 4.69) is 15.5 Å². The fraction of sp³-hybridized carbons (Fsp3) is 0.273. The Kier molecular flexibility index (Phi) is 5.10. The lowest BCUT2D eigenvalue weighted by molar-refractivity contribution is -0.132. The van der Waals surface area contributed by atoms with Gasteiger partial charge < -0.3 is 19.1 Å². The molecule has 1 fully saturated rings. The van der Waals surface area contributed by atoms with Crippen LogP contribution in [-0.4, -0.2) is 44.6 Å². The van der Waals surface area contributed by atoms with Crippen molar-refractivity contribution >= 4 is 28.6 Å². The number of hydrogen-bond acceptors (Lipinski definition) is 6. The minimum absolute atomic E-state index is 0.102. The van der Waals surface area contributed by atoms with Crippen LogP contribution in [0.15, 0.2) is 56.3 Å². The maximum Gasteiger partial charge on any atom is 0.420 e. The normalized spacial score (nSPS) is 14.1. The molecular weight excluding hydrogens is 414 g/mol. The molecule has 1 aliphatic rings. The van der Waals surface area contributed by atoms with Crippen LogP contribution < -0.4 is 11.1 Å². The SMILES string of the molecule is O=C(Nc1ccc2oc(=O)n(CC(=O)N3CCCCC3)c2c1)c1cc(-c2ccco2)[nH]n1. The lowest BCUT2D eigenvalue weighted by Crippen LogP contribution is -2.39. The first kappa shape index (κ1) is 19.9. The van der Waals surface area contributed by atoms with Crippen LogP contribution >= 0.6 is 0 Å². The molecule has 10 nitrogen and oxygen atoms in total. The number of rotatable bonds is 5. The Balaban J connectivity index is 1.36. The van der Waals surface area contributed by atoms with Gasteiger partial charge in [-0.1, -0.05) is 0 Å². The zero-order valence-corrected chi connectivity index (χ0v) is 17.2. The van der Waals surface area contributed by atoms with E-state index >= 15 is 0 Å². The van der Waals surface area contributed by atoms with Gasteiger partial charge in [0.1, 0.15) is 12.2 Å². The predicted octanol–water partition coefficient (Wildman–Crippen LogP) is 2.84. The van der Waals surface area contributed by atoms with E-state index in [1.165, 1.54) is 10.8 Å². The molecule has 32 heavy (non-hydrogen) atoms. The molecule has 1 aliphatic heterocycles. The topological polar surface area (TPSA) is 126 Å². The fourth-order valence-corrected chi connectivity index (χ4v) is 3.86. The van der Waals surface area contributed by atoms with Crippen LogP contribution in [0.3, 0.4) is 0 Å². The summed E-state index contributed by atoms with van der Waals surface area (Å²) in [5.41, 5.74) is 2.00. The third kappa shape index (κ3) is 3.82. The number of carbonyl (C=O) groups excluding carboxylic acids is 2. The number of nitrogens with one attached hydrogen (secondary N) is 2. The van der Waals surface area contributed by atoms with Gasteiger partial charge in [0.15, 0.2) is 17.0 Å². The minimum atomic E-state index is -0.607. The van der Waals surface area contributed by atoms with Crippen LogP contribution in [0.25, 0.3) is 22.6 Å². The van der Waals surface area contributed by atoms with Gasteiger partial charge in [-0.2, -0.15) is 5.10 Å². The van der Waals surface area contributed by atoms with Gasteiger partial charge in [0.05, 0.1) is 11.8 Å². The van der Waals surface area contributed by atoms with Crippen molar-refractivity contribution in [3.63, 3.8) is 0 Å². The Morgan fingerprint density at radius 1 is 1.12 bits per heavy atom. The summed E-state index contributed by atoms with van der Waals surface area (Å²) < 4.78 is 11.9. The van der Waals surface area contributed by atoms with Crippen molar-refractivity contribution in [1.29, 1.82) is 0 Å². The van der Waals surface area contributed by atoms with Gasteiger partial charge in [0, 0.05) is 24.8 Å². The summed E-state index contributed by atoms with van der Waals surface area (Å²) in [4.78, 5) is 39.4. The standard InChI is InChI=1S/C22H21N5O5/c28-20(26-8-2-1-3-9-26)13-27-17-11-14(6-7-19(17)32-22(27)30)23-21(29)16-12-15(24-25-16)18-5-4-10-31-18/h4-7,10-12H,1-3,8-9,13H2,(H,23,29)(H,24,25). The van der Waals surface area contributed by atoms with E-state index in [1.807, 2.05) is 0 Å². The van der Waals surface area contributed by atoms with Crippen molar-refractivity contribution < 1.29 is 18.4 Å². The van der Waals surface area contributed by atoms with Gasteiger partial charge in [-0.25, -0.2) is 4.79 Å². The largest absolute Gasteiger partial charge is 0.463 e. The number of aromatic nitrogens is 3. The Hall–Kier alpha value is -4.08. The third-order valence-corrected chi connectivity index (χ3v) is 5.52. The van der Waals surface area contributed by atoms with Crippen LogP contribution in [0, 0.1) is 0 Å². The third-order valence-electron chi connectivity index (χ3n) is 5.52. The highest BCUT2D eigenvalue weighted by Gasteiger charge is 2.20. The van der Waals surface area contributed by atoms with E-state index in [1.54, 1.807) is 41.3 Å². The van der Waals surface area contributed by atoms with Crippen molar-refractivity contribution in [2.75, 3.05) is 18.4 Å². The second kappa shape index (κ2) is 8.22. The Morgan fingerprint density at radius 2 is 1.97 bits per heavy atom. The molecule has 0 aliphatic carbocycles. The number of furan rings is 1. The molecule has 1 saturated heterocycles. The number of piperidine rings is 1. The minimum Gasteiger partial charge on any atom is -0.463 e. The lowest BCUT2D eigenvalue weighted by atomic mass is 10.1. The number of anilines is 1. The molecule has 10 heteroatoms. The first-order valence-corrected chi connectivity index (χ1v) is 10.4. The quantitative estimate of drug-likeness (QED) is 0.496. The van der Waals surface area contributed by atoms with Crippen LogP contribution in [0.5, 0.6) is 0 Å². The molecule has 1 aromatic carbocycles. The number of fused-ring (bicyclic) bond motifs is 1. The Bertz CT molecular complexity index is 1320. The maximum absolute atomic E-state index is 12.6. The summed E-state index contributed by atoms with van der Waals surface area (Å²) in [6, 6.07) is 9.91. The van der Waals surface area contributed by atoms with Crippen LogP contribution in [0.2, 0.25) is 0 Å². The lowest BCUT2D eigenvalue weighted by Gasteiger charge is -2.26. The van der Waals surface area contributed by atoms with E-state index < -0.39 is 11.7 Å². The molecule has 2 amide bonds. The summed E-state index contributed by atoms with van der Waals surface area (Å²) in [5, 5.41) is 9.54. The van der Waals surface area contributed by atoms with Gasteiger partial charge in [0.2, 0.25) is 5.91 Å². The highest BCUT2D eigenvalue weighted by atomic mass is 16.4. The highest BCUT2D eigenvalue weighted by molar-refractivity contribution is 6.04. The molecule has 0 bridgehead atoms. The average molecular weight is 435 g/mol. The number of H-pyrrole nitrogens is 1. The number of benzene rings is 1. The number of nitrogens with zero attached hydrogens (tertiary/aromatic N) is 3. The zero-order chi connectivity index (χ0) is 22.1. The molecule has 0 spiro atoms. The smallest absolute Gasteiger partial charge is 0.420 e. The van der Waals surface area contributed by atoms with Crippen molar-refractivity contribution in [2.24, 2.45) is 0 Å². The number of amides is 2. The maximum atomic E-state index is 12.6. The molecule has 164 valence electrons. The van der Waals surface area contributed by atoms with Gasteiger partial charge in [0.25, 0.3) is 5.91 Å². The number of hydrogen-bond donors (Lipinski definition) is 2.